The number of hydrogen-bond acceptors (Lipinski definition) is 1. The van der Waals surface area contributed by atoms with E-state index < -0.39 is 0 Å². The standard InChI is InChI=1S/C10H14N/c1-3-4-7-10-8-5-6-9(2)11-10/h5-6,8H,1,3-4,7H2,2H3. The highest BCUT2D eigenvalue weighted by molar-refractivity contribution is 5.09. The molecule has 1 heteroatoms. The van der Waals surface area contributed by atoms with Crippen molar-refractivity contribution < 1.29 is 0 Å². The molecule has 0 unspecified atom stereocenters. The molecule has 0 saturated carbocycles. The van der Waals surface area contributed by atoms with Crippen LogP contribution in [-0.4, -0.2) is 4.98 Å². The zero-order chi connectivity index (χ0) is 8.10. The van der Waals surface area contributed by atoms with Gasteiger partial charge in [-0.05, 0) is 31.9 Å². The first-order valence-electron chi connectivity index (χ1n) is 4.04. The summed E-state index contributed by atoms with van der Waals surface area (Å²) in [7, 11) is 0. The molecule has 0 atom stereocenters. The molecule has 0 N–H and O–H groups in total. The second kappa shape index (κ2) is 4.12. The Morgan fingerprint density at radius 3 is 2.91 bits per heavy atom. The van der Waals surface area contributed by atoms with Gasteiger partial charge in [-0.25, -0.2) is 0 Å². The lowest BCUT2D eigenvalue weighted by atomic mass is 10.2. The monoisotopic (exact) mass is 148 g/mol. The van der Waals surface area contributed by atoms with Crippen molar-refractivity contribution in [2.45, 2.75) is 26.2 Å². The Morgan fingerprint density at radius 2 is 2.27 bits per heavy atom. The Balaban J connectivity index is 2.56. The van der Waals surface area contributed by atoms with E-state index in [1.54, 1.807) is 0 Å². The van der Waals surface area contributed by atoms with Gasteiger partial charge in [0.25, 0.3) is 0 Å². The van der Waals surface area contributed by atoms with Gasteiger partial charge in [0.05, 0.1) is 0 Å². The van der Waals surface area contributed by atoms with Gasteiger partial charge in [0.1, 0.15) is 0 Å². The fraction of sp³-hybridized carbons (Fsp3) is 0.400. The van der Waals surface area contributed by atoms with Crippen LogP contribution in [0.25, 0.3) is 0 Å². The van der Waals surface area contributed by atoms with Crippen LogP contribution in [0.4, 0.5) is 0 Å². The van der Waals surface area contributed by atoms with Gasteiger partial charge in [0.2, 0.25) is 0 Å². The Morgan fingerprint density at radius 1 is 1.45 bits per heavy atom. The van der Waals surface area contributed by atoms with Gasteiger partial charge in [0.15, 0.2) is 0 Å². The van der Waals surface area contributed by atoms with E-state index in [1.165, 1.54) is 5.69 Å². The number of rotatable bonds is 3. The van der Waals surface area contributed by atoms with E-state index in [0.29, 0.717) is 0 Å². The minimum Gasteiger partial charge on any atom is -0.258 e. The molecule has 1 rings (SSSR count). The number of hydrogen-bond donors (Lipinski definition) is 0. The highest BCUT2D eigenvalue weighted by atomic mass is 14.7. The Hall–Kier alpha value is -0.850. The van der Waals surface area contributed by atoms with Crippen molar-refractivity contribution in [3.05, 3.63) is 36.5 Å². The summed E-state index contributed by atoms with van der Waals surface area (Å²) in [6, 6.07) is 6.15. The Bertz CT molecular complexity index is 218. The number of unbranched alkanes of at least 4 members (excludes halogenated alkanes) is 1. The van der Waals surface area contributed by atoms with Crippen LogP contribution in [0.1, 0.15) is 24.2 Å². The van der Waals surface area contributed by atoms with Crippen molar-refractivity contribution in [2.24, 2.45) is 0 Å². The summed E-state index contributed by atoms with van der Waals surface area (Å²) in [6.45, 7) is 5.82. The smallest absolute Gasteiger partial charge is 0.0406 e. The fourth-order valence-corrected chi connectivity index (χ4v) is 1.04. The van der Waals surface area contributed by atoms with E-state index in [0.717, 1.165) is 25.0 Å². The maximum Gasteiger partial charge on any atom is 0.0406 e. The van der Waals surface area contributed by atoms with Crippen molar-refractivity contribution in [3.8, 4) is 0 Å². The van der Waals surface area contributed by atoms with E-state index in [2.05, 4.69) is 24.0 Å². The highest BCUT2D eigenvalue weighted by Gasteiger charge is 1.92. The Kier molecular flexibility index (Phi) is 3.09. The molecule has 0 fully saturated rings. The lowest BCUT2D eigenvalue weighted by molar-refractivity contribution is 0.812. The third-order valence-corrected chi connectivity index (χ3v) is 1.63. The summed E-state index contributed by atoms with van der Waals surface area (Å²) in [6.07, 6.45) is 3.19. The third-order valence-electron chi connectivity index (χ3n) is 1.63. The minimum absolute atomic E-state index is 0.996. The molecule has 0 saturated heterocycles. The van der Waals surface area contributed by atoms with Gasteiger partial charge in [-0.3, -0.25) is 4.98 Å². The van der Waals surface area contributed by atoms with Crippen LogP contribution in [0, 0.1) is 13.8 Å². The average molecular weight is 148 g/mol. The van der Waals surface area contributed by atoms with Crippen LogP contribution in [-0.2, 0) is 6.42 Å². The number of aryl methyl sites for hydroxylation is 2. The molecular weight excluding hydrogens is 134 g/mol. The van der Waals surface area contributed by atoms with Crippen LogP contribution in [0.5, 0.6) is 0 Å². The van der Waals surface area contributed by atoms with Gasteiger partial charge < -0.3 is 0 Å². The van der Waals surface area contributed by atoms with Crippen LogP contribution < -0.4 is 0 Å². The Labute approximate surface area is 68.5 Å². The first-order valence-corrected chi connectivity index (χ1v) is 4.04. The van der Waals surface area contributed by atoms with Crippen molar-refractivity contribution in [2.75, 3.05) is 0 Å². The summed E-state index contributed by atoms with van der Waals surface area (Å²) in [4.78, 5) is 4.38. The fourth-order valence-electron chi connectivity index (χ4n) is 1.04. The van der Waals surface area contributed by atoms with Gasteiger partial charge in [0, 0.05) is 11.4 Å². The molecule has 11 heavy (non-hydrogen) atoms. The van der Waals surface area contributed by atoms with E-state index in [4.69, 9.17) is 0 Å². The quantitative estimate of drug-likeness (QED) is 0.642. The molecule has 59 valence electrons. The summed E-state index contributed by atoms with van der Waals surface area (Å²) in [5.41, 5.74) is 2.29. The van der Waals surface area contributed by atoms with Crippen molar-refractivity contribution >= 4 is 0 Å². The molecule has 0 aromatic carbocycles. The molecule has 1 heterocycles. The molecule has 0 aliphatic carbocycles. The number of pyridine rings is 1. The van der Waals surface area contributed by atoms with Gasteiger partial charge >= 0.3 is 0 Å². The number of aromatic nitrogens is 1. The third kappa shape index (κ3) is 2.71. The lowest BCUT2D eigenvalue weighted by Crippen LogP contribution is -1.90. The zero-order valence-electron chi connectivity index (χ0n) is 7.01. The second-order valence-electron chi connectivity index (χ2n) is 2.73. The molecule has 0 spiro atoms. The van der Waals surface area contributed by atoms with Crippen molar-refractivity contribution in [3.63, 3.8) is 0 Å². The predicted molar refractivity (Wildman–Crippen MR) is 47.3 cm³/mol. The van der Waals surface area contributed by atoms with Crippen molar-refractivity contribution in [1.82, 2.24) is 4.98 Å². The van der Waals surface area contributed by atoms with Crippen LogP contribution in [0.15, 0.2) is 18.2 Å². The van der Waals surface area contributed by atoms with E-state index in [9.17, 15) is 0 Å². The summed E-state index contributed by atoms with van der Waals surface area (Å²) in [5, 5.41) is 0. The molecular formula is C10H14N. The maximum absolute atomic E-state index is 4.38. The van der Waals surface area contributed by atoms with Crippen LogP contribution >= 0.6 is 0 Å². The van der Waals surface area contributed by atoms with E-state index >= 15 is 0 Å². The lowest BCUT2D eigenvalue weighted by Gasteiger charge is -1.98. The zero-order valence-corrected chi connectivity index (χ0v) is 7.01. The van der Waals surface area contributed by atoms with Crippen molar-refractivity contribution in [1.29, 1.82) is 0 Å². The maximum atomic E-state index is 4.38. The molecule has 1 aromatic heterocycles. The molecule has 0 aliphatic rings. The van der Waals surface area contributed by atoms with Crippen LogP contribution in [0.3, 0.4) is 0 Å². The van der Waals surface area contributed by atoms with E-state index in [-0.39, 0.29) is 0 Å². The van der Waals surface area contributed by atoms with E-state index in [1.807, 2.05) is 13.0 Å². The molecule has 0 bridgehead atoms. The molecule has 1 radical (unpaired) electrons. The normalized spacial score (nSPS) is 10.0. The second-order valence-corrected chi connectivity index (χ2v) is 2.73. The first-order chi connectivity index (χ1) is 5.33. The predicted octanol–water partition coefficient (Wildman–Crippen LogP) is 2.55. The van der Waals surface area contributed by atoms with Gasteiger partial charge in [-0.15, -0.1) is 0 Å². The molecule has 1 nitrogen and oxygen atoms in total. The number of nitrogens with zero attached hydrogens (tertiary/aromatic N) is 1. The highest BCUT2D eigenvalue weighted by Crippen LogP contribution is 2.02. The summed E-state index contributed by atoms with van der Waals surface area (Å²) in [5.74, 6) is 0. The minimum atomic E-state index is 0.996. The van der Waals surface area contributed by atoms with Crippen LogP contribution in [0.2, 0.25) is 0 Å². The summed E-state index contributed by atoms with van der Waals surface area (Å²) < 4.78 is 0. The molecule has 0 aliphatic heterocycles. The first kappa shape index (κ1) is 8.25. The summed E-state index contributed by atoms with van der Waals surface area (Å²) >= 11 is 0. The van der Waals surface area contributed by atoms with Gasteiger partial charge in [-0.1, -0.05) is 19.4 Å². The topological polar surface area (TPSA) is 12.9 Å². The largest absolute Gasteiger partial charge is 0.258 e. The molecule has 1 aromatic rings. The SMILES string of the molecule is [CH2]CCCc1cccc(C)n1. The van der Waals surface area contributed by atoms with Gasteiger partial charge in [-0.2, -0.15) is 0 Å². The molecule has 0 amide bonds. The average Bonchev–Trinajstić information content (AvgIpc) is 2.01.